The highest BCUT2D eigenvalue weighted by atomic mass is 35.5. The monoisotopic (exact) mass is 360 g/mol. The molecule has 3 rings (SSSR count). The van der Waals surface area contributed by atoms with Crippen molar-refractivity contribution in [1.82, 2.24) is 15.0 Å². The summed E-state index contributed by atoms with van der Waals surface area (Å²) in [5, 5.41) is 7.21. The van der Waals surface area contributed by atoms with Gasteiger partial charge >= 0.3 is 0 Å². The first kappa shape index (κ1) is 16.3. The van der Waals surface area contributed by atoms with E-state index in [2.05, 4.69) is 25.6 Å². The number of rotatable bonds is 5. The third-order valence-corrected chi connectivity index (χ3v) is 3.99. The van der Waals surface area contributed by atoms with Crippen molar-refractivity contribution in [2.24, 2.45) is 0 Å². The molecule has 0 saturated carbocycles. The number of nitrogens with one attached hydrogen (secondary N) is 2. The first-order valence-electron chi connectivity index (χ1n) is 7.09. The summed E-state index contributed by atoms with van der Waals surface area (Å²) in [7, 11) is 0. The summed E-state index contributed by atoms with van der Waals surface area (Å²) in [5.74, 6) is 1.02. The van der Waals surface area contributed by atoms with Crippen LogP contribution in [0.5, 0.6) is 0 Å². The van der Waals surface area contributed by atoms with E-state index < -0.39 is 0 Å². The minimum absolute atomic E-state index is 0.410. The van der Waals surface area contributed by atoms with Crippen molar-refractivity contribution in [2.45, 2.75) is 6.54 Å². The number of hydrogen-bond acceptors (Lipinski definition) is 6. The van der Waals surface area contributed by atoms with E-state index in [1.54, 1.807) is 30.6 Å². The Morgan fingerprint density at radius 1 is 1.04 bits per heavy atom. The van der Waals surface area contributed by atoms with Crippen LogP contribution in [0.4, 0.5) is 23.0 Å². The molecule has 0 aliphatic rings. The smallest absolute Gasteiger partial charge is 0.159 e. The summed E-state index contributed by atoms with van der Waals surface area (Å²) in [6.45, 7) is 0.557. The van der Waals surface area contributed by atoms with E-state index in [4.69, 9.17) is 28.9 Å². The second-order valence-corrected chi connectivity index (χ2v) is 5.77. The highest BCUT2D eigenvalue weighted by Crippen LogP contribution is 2.29. The maximum Gasteiger partial charge on any atom is 0.159 e. The van der Waals surface area contributed by atoms with Gasteiger partial charge < -0.3 is 16.4 Å². The largest absolute Gasteiger partial charge is 0.393 e. The van der Waals surface area contributed by atoms with Crippen LogP contribution in [-0.2, 0) is 6.54 Å². The van der Waals surface area contributed by atoms with Gasteiger partial charge in [-0.15, -0.1) is 0 Å². The van der Waals surface area contributed by atoms with Gasteiger partial charge in [0.2, 0.25) is 0 Å². The Kier molecular flexibility index (Phi) is 4.98. The summed E-state index contributed by atoms with van der Waals surface area (Å²) in [5.41, 5.74) is 8.30. The number of hydrogen-bond donors (Lipinski definition) is 3. The Balaban J connectivity index is 1.76. The lowest BCUT2D eigenvalue weighted by molar-refractivity contribution is 1.07. The van der Waals surface area contributed by atoms with Gasteiger partial charge in [-0.3, -0.25) is 4.98 Å². The van der Waals surface area contributed by atoms with Crippen LogP contribution in [-0.4, -0.2) is 15.0 Å². The van der Waals surface area contributed by atoms with E-state index in [0.29, 0.717) is 33.9 Å². The molecule has 2 heterocycles. The predicted molar refractivity (Wildman–Crippen MR) is 97.8 cm³/mol. The number of nitrogens with two attached hydrogens (primary N) is 1. The zero-order chi connectivity index (χ0) is 16.9. The number of benzene rings is 1. The average molecular weight is 361 g/mol. The molecule has 0 radical (unpaired) electrons. The van der Waals surface area contributed by atoms with Crippen LogP contribution in [0.25, 0.3) is 0 Å². The standard InChI is InChI=1S/C16H14Cl2N6/c17-12-4-3-11(6-13(12)18)24-16-14(19)15(22-9-23-16)21-8-10-2-1-5-20-7-10/h1-7,9H,8,19H2,(H2,21,22,23,24). The lowest BCUT2D eigenvalue weighted by Crippen LogP contribution is -2.08. The fourth-order valence-corrected chi connectivity index (χ4v) is 2.33. The Morgan fingerprint density at radius 3 is 2.62 bits per heavy atom. The molecule has 0 atom stereocenters. The molecule has 4 N–H and O–H groups in total. The van der Waals surface area contributed by atoms with Crippen molar-refractivity contribution in [3.05, 3.63) is 64.7 Å². The van der Waals surface area contributed by atoms with Crippen LogP contribution in [0.15, 0.2) is 49.1 Å². The lowest BCUT2D eigenvalue weighted by atomic mass is 10.3. The zero-order valence-electron chi connectivity index (χ0n) is 12.5. The molecule has 0 bridgehead atoms. The van der Waals surface area contributed by atoms with Crippen molar-refractivity contribution in [2.75, 3.05) is 16.4 Å². The van der Waals surface area contributed by atoms with Gasteiger partial charge in [0.05, 0.1) is 10.0 Å². The minimum Gasteiger partial charge on any atom is -0.393 e. The normalized spacial score (nSPS) is 10.4. The van der Waals surface area contributed by atoms with Gasteiger partial charge in [0, 0.05) is 24.6 Å². The van der Waals surface area contributed by atoms with Gasteiger partial charge in [0.15, 0.2) is 11.6 Å². The molecule has 1 aromatic carbocycles. The predicted octanol–water partition coefficient (Wildman–Crippen LogP) is 4.12. The van der Waals surface area contributed by atoms with Crippen molar-refractivity contribution < 1.29 is 0 Å². The summed E-state index contributed by atoms with van der Waals surface area (Å²) in [4.78, 5) is 12.4. The molecular weight excluding hydrogens is 347 g/mol. The fraction of sp³-hybridized carbons (Fsp3) is 0.0625. The van der Waals surface area contributed by atoms with E-state index in [-0.39, 0.29) is 0 Å². The first-order chi connectivity index (χ1) is 11.6. The number of anilines is 4. The molecule has 3 aromatic rings. The molecule has 8 heteroatoms. The molecule has 0 aliphatic carbocycles. The SMILES string of the molecule is Nc1c(NCc2cccnc2)ncnc1Nc1ccc(Cl)c(Cl)c1. The molecule has 0 amide bonds. The quantitative estimate of drug-likeness (QED) is 0.634. The van der Waals surface area contributed by atoms with Crippen LogP contribution in [0.2, 0.25) is 10.0 Å². The van der Waals surface area contributed by atoms with Crippen LogP contribution < -0.4 is 16.4 Å². The number of nitrogens with zero attached hydrogens (tertiary/aromatic N) is 3. The van der Waals surface area contributed by atoms with Crippen LogP contribution in [0.1, 0.15) is 5.56 Å². The molecule has 0 saturated heterocycles. The Morgan fingerprint density at radius 2 is 1.88 bits per heavy atom. The fourth-order valence-electron chi connectivity index (χ4n) is 2.04. The number of nitrogen functional groups attached to an aromatic ring is 1. The molecule has 122 valence electrons. The van der Waals surface area contributed by atoms with Gasteiger partial charge in [0.25, 0.3) is 0 Å². The van der Waals surface area contributed by atoms with Gasteiger partial charge in [0.1, 0.15) is 12.0 Å². The lowest BCUT2D eigenvalue weighted by Gasteiger charge is -2.13. The van der Waals surface area contributed by atoms with Crippen molar-refractivity contribution in [1.29, 1.82) is 0 Å². The molecular formula is C16H14Cl2N6. The third kappa shape index (κ3) is 3.84. The Bertz CT molecular complexity index is 841. The summed E-state index contributed by atoms with van der Waals surface area (Å²) in [6.07, 6.45) is 4.93. The second-order valence-electron chi connectivity index (χ2n) is 4.95. The maximum absolute atomic E-state index is 6.14. The molecule has 0 unspecified atom stereocenters. The number of pyridine rings is 1. The highest BCUT2D eigenvalue weighted by Gasteiger charge is 2.09. The van der Waals surface area contributed by atoms with Gasteiger partial charge in [-0.1, -0.05) is 29.3 Å². The van der Waals surface area contributed by atoms with Gasteiger partial charge in [-0.2, -0.15) is 0 Å². The van der Waals surface area contributed by atoms with Crippen LogP contribution >= 0.6 is 23.2 Å². The highest BCUT2D eigenvalue weighted by molar-refractivity contribution is 6.42. The molecule has 0 fully saturated rings. The van der Waals surface area contributed by atoms with E-state index in [9.17, 15) is 0 Å². The average Bonchev–Trinajstić information content (AvgIpc) is 2.60. The topological polar surface area (TPSA) is 88.8 Å². The van der Waals surface area contributed by atoms with Crippen molar-refractivity contribution in [3.63, 3.8) is 0 Å². The van der Waals surface area contributed by atoms with E-state index in [1.165, 1.54) is 6.33 Å². The number of aromatic nitrogens is 3. The Labute approximate surface area is 149 Å². The van der Waals surface area contributed by atoms with Crippen LogP contribution in [0, 0.1) is 0 Å². The zero-order valence-corrected chi connectivity index (χ0v) is 14.0. The second kappa shape index (κ2) is 7.33. The van der Waals surface area contributed by atoms with E-state index >= 15 is 0 Å². The minimum atomic E-state index is 0.410. The van der Waals surface area contributed by atoms with E-state index in [0.717, 1.165) is 11.3 Å². The molecule has 0 spiro atoms. The van der Waals surface area contributed by atoms with E-state index in [1.807, 2.05) is 12.1 Å². The molecule has 6 nitrogen and oxygen atoms in total. The molecule has 2 aromatic heterocycles. The van der Waals surface area contributed by atoms with Gasteiger partial charge in [-0.25, -0.2) is 9.97 Å². The summed E-state index contributed by atoms with van der Waals surface area (Å²) in [6, 6.07) is 9.03. The third-order valence-electron chi connectivity index (χ3n) is 3.25. The molecule has 0 aliphatic heterocycles. The summed E-state index contributed by atoms with van der Waals surface area (Å²) < 4.78 is 0. The Hall–Kier alpha value is -2.57. The van der Waals surface area contributed by atoms with Crippen LogP contribution in [0.3, 0.4) is 0 Å². The number of halogens is 2. The van der Waals surface area contributed by atoms with Gasteiger partial charge in [-0.05, 0) is 29.8 Å². The van der Waals surface area contributed by atoms with Crippen molar-refractivity contribution >= 4 is 46.2 Å². The first-order valence-corrected chi connectivity index (χ1v) is 7.84. The molecule has 24 heavy (non-hydrogen) atoms. The van der Waals surface area contributed by atoms with Crippen molar-refractivity contribution in [3.8, 4) is 0 Å². The summed E-state index contributed by atoms with van der Waals surface area (Å²) >= 11 is 11.9. The maximum atomic E-state index is 6.14.